The van der Waals surface area contributed by atoms with Crippen LogP contribution < -0.4 is 15.4 Å². The van der Waals surface area contributed by atoms with E-state index in [4.69, 9.17) is 31.6 Å². The molecule has 8 nitrogen and oxygen atoms in total. The number of aromatic nitrogens is 2. The lowest BCUT2D eigenvalue weighted by Crippen LogP contribution is -2.47. The third-order valence-electron chi connectivity index (χ3n) is 9.32. The van der Waals surface area contributed by atoms with Crippen molar-refractivity contribution in [3.63, 3.8) is 0 Å². The molecule has 2 aromatic carbocycles. The van der Waals surface area contributed by atoms with E-state index in [0.717, 1.165) is 73.3 Å². The van der Waals surface area contributed by atoms with Gasteiger partial charge in [-0.3, -0.25) is 4.90 Å². The first-order valence-electron chi connectivity index (χ1n) is 14.8. The van der Waals surface area contributed by atoms with Crippen LogP contribution in [0.2, 0.25) is 0 Å². The van der Waals surface area contributed by atoms with Crippen LogP contribution in [0.15, 0.2) is 36.4 Å². The van der Waals surface area contributed by atoms with E-state index in [1.807, 2.05) is 13.0 Å². The summed E-state index contributed by atoms with van der Waals surface area (Å²) in [7, 11) is 0. The number of nitrogens with two attached hydrogens (primary N) is 1. The number of anilines is 2. The van der Waals surface area contributed by atoms with Crippen molar-refractivity contribution in [3.05, 3.63) is 64.6 Å². The zero-order chi connectivity index (χ0) is 29.1. The molecule has 4 aliphatic rings. The molecule has 0 amide bonds. The lowest BCUT2D eigenvalue weighted by Gasteiger charge is -2.39. The first kappa shape index (κ1) is 27.1. The number of fused-ring (bicyclic) bond motifs is 3. The summed E-state index contributed by atoms with van der Waals surface area (Å²) in [6.07, 6.45) is 14.0. The highest BCUT2D eigenvalue weighted by Gasteiger charge is 2.42. The number of benzene rings is 2. The fourth-order valence-corrected chi connectivity index (χ4v) is 7.27. The first-order valence-corrected chi connectivity index (χ1v) is 14.8. The number of terminal acetylenes is 1. The number of hydrogen-bond acceptors (Lipinski definition) is 8. The smallest absolute Gasteiger partial charge is 0.318 e. The molecule has 0 aliphatic carbocycles. The van der Waals surface area contributed by atoms with Gasteiger partial charge in [-0.1, -0.05) is 24.1 Å². The molecule has 3 atom stereocenters. The van der Waals surface area contributed by atoms with Gasteiger partial charge in [-0.15, -0.1) is 6.42 Å². The second-order valence-corrected chi connectivity index (χ2v) is 12.4. The summed E-state index contributed by atoms with van der Waals surface area (Å²) in [4.78, 5) is 14.4. The molecule has 42 heavy (non-hydrogen) atoms. The third-order valence-corrected chi connectivity index (χ3v) is 9.32. The van der Waals surface area contributed by atoms with Crippen LogP contribution in [0.5, 0.6) is 6.01 Å². The predicted molar refractivity (Wildman–Crippen MR) is 160 cm³/mol. The van der Waals surface area contributed by atoms with Gasteiger partial charge in [0, 0.05) is 42.7 Å². The number of nitrogens with zero attached hydrogens (tertiary/aromatic N) is 4. The molecule has 218 valence electrons. The van der Waals surface area contributed by atoms with Gasteiger partial charge < -0.3 is 25.2 Å². The topological polar surface area (TPSA) is 97.0 Å². The van der Waals surface area contributed by atoms with Crippen LogP contribution in [0.4, 0.5) is 15.9 Å². The molecular formula is C33H36FN5O3. The van der Waals surface area contributed by atoms with Gasteiger partial charge in [-0.2, -0.15) is 9.97 Å². The lowest BCUT2D eigenvalue weighted by molar-refractivity contribution is 0.0253. The molecule has 7 rings (SSSR count). The number of ether oxygens (including phenoxy) is 2. The van der Waals surface area contributed by atoms with Crippen LogP contribution in [-0.2, 0) is 17.8 Å². The molecular weight excluding hydrogens is 533 g/mol. The zero-order valence-electron chi connectivity index (χ0n) is 23.9. The summed E-state index contributed by atoms with van der Waals surface area (Å²) in [5, 5.41) is 12.3. The van der Waals surface area contributed by atoms with Crippen molar-refractivity contribution in [2.75, 3.05) is 43.4 Å². The van der Waals surface area contributed by atoms with Gasteiger partial charge >= 0.3 is 6.01 Å². The summed E-state index contributed by atoms with van der Waals surface area (Å²) < 4.78 is 27.6. The number of aliphatic hydroxyl groups is 1. The number of hydrogen-bond donors (Lipinski definition) is 2. The van der Waals surface area contributed by atoms with Gasteiger partial charge in [0.15, 0.2) is 0 Å². The van der Waals surface area contributed by atoms with Crippen LogP contribution in [0.3, 0.4) is 0 Å². The summed E-state index contributed by atoms with van der Waals surface area (Å²) >= 11 is 0. The standard InChI is InChI=1S/C33H36FN5O3/c1-3-23-26(34)8-7-21-15-22(35)16-24(29(21)23)28-17-27-25(18-41-28)30(38-12-4-9-32(2,40)19-38)37-31(36-27)42-20-33-10-5-13-39(33)14-6-11-33/h1,5,7-8,10,15-16,28,40H,4,6,9,11-14,17-20,35H2,2H3/t28-,32-,33-/m1/s1. The summed E-state index contributed by atoms with van der Waals surface area (Å²) in [5.74, 6) is 2.82. The minimum atomic E-state index is -0.816. The Kier molecular flexibility index (Phi) is 6.61. The summed E-state index contributed by atoms with van der Waals surface area (Å²) in [6, 6.07) is 7.01. The number of β-amino-alcohol motifs (C(OH)–C–C–N with tert-alkyl or cyclic N) is 1. The first-order chi connectivity index (χ1) is 20.2. The fourth-order valence-electron chi connectivity index (χ4n) is 7.27. The Balaban J connectivity index is 1.27. The van der Waals surface area contributed by atoms with E-state index >= 15 is 0 Å². The average Bonchev–Trinajstić information content (AvgIpc) is 3.55. The van der Waals surface area contributed by atoms with Crippen LogP contribution >= 0.6 is 0 Å². The van der Waals surface area contributed by atoms with Crippen molar-refractivity contribution in [1.29, 1.82) is 0 Å². The van der Waals surface area contributed by atoms with Crippen molar-refractivity contribution in [3.8, 4) is 18.4 Å². The Morgan fingerprint density at radius 3 is 2.93 bits per heavy atom. The second kappa shape index (κ2) is 10.2. The van der Waals surface area contributed by atoms with Crippen LogP contribution in [-0.4, -0.2) is 63.9 Å². The molecule has 1 aromatic heterocycles. The molecule has 4 aliphatic heterocycles. The van der Waals surface area contributed by atoms with E-state index in [1.54, 1.807) is 12.1 Å². The molecule has 0 radical (unpaired) electrons. The molecule has 0 unspecified atom stereocenters. The van der Waals surface area contributed by atoms with Crippen molar-refractivity contribution >= 4 is 22.3 Å². The Bertz CT molecular complexity index is 1630. The Hall–Kier alpha value is -3.71. The number of halogens is 1. The lowest BCUT2D eigenvalue weighted by atomic mass is 9.91. The normalized spacial score (nSPS) is 27.2. The minimum Gasteiger partial charge on any atom is -0.461 e. The average molecular weight is 570 g/mol. The van der Waals surface area contributed by atoms with Gasteiger partial charge in [0.1, 0.15) is 18.2 Å². The van der Waals surface area contributed by atoms with E-state index < -0.39 is 17.5 Å². The monoisotopic (exact) mass is 569 g/mol. The molecule has 2 saturated heterocycles. The summed E-state index contributed by atoms with van der Waals surface area (Å²) in [5.41, 5.74) is 8.54. The molecule has 2 fully saturated rings. The van der Waals surface area contributed by atoms with E-state index in [9.17, 15) is 9.50 Å². The van der Waals surface area contributed by atoms with Crippen molar-refractivity contribution < 1.29 is 19.0 Å². The molecule has 3 N–H and O–H groups in total. The van der Waals surface area contributed by atoms with E-state index in [2.05, 4.69) is 27.9 Å². The second-order valence-electron chi connectivity index (χ2n) is 12.4. The molecule has 3 aromatic rings. The fraction of sp³-hybridized carbons (Fsp3) is 0.455. The maximum Gasteiger partial charge on any atom is 0.318 e. The van der Waals surface area contributed by atoms with Crippen LogP contribution in [0.1, 0.15) is 61.1 Å². The molecule has 0 saturated carbocycles. The van der Waals surface area contributed by atoms with Gasteiger partial charge in [0.25, 0.3) is 0 Å². The Morgan fingerprint density at radius 2 is 2.10 bits per heavy atom. The Morgan fingerprint density at radius 1 is 1.24 bits per heavy atom. The molecule has 0 spiro atoms. The highest BCUT2D eigenvalue weighted by molar-refractivity contribution is 5.94. The van der Waals surface area contributed by atoms with E-state index in [0.29, 0.717) is 36.7 Å². The molecule has 0 bridgehead atoms. The van der Waals surface area contributed by atoms with Crippen LogP contribution in [0.25, 0.3) is 10.8 Å². The quantitative estimate of drug-likeness (QED) is 0.267. The van der Waals surface area contributed by atoms with Gasteiger partial charge in [0.05, 0.1) is 35.1 Å². The van der Waals surface area contributed by atoms with E-state index in [-0.39, 0.29) is 17.7 Å². The Labute approximate surface area is 245 Å². The molecule has 5 heterocycles. The van der Waals surface area contributed by atoms with Crippen LogP contribution in [0, 0.1) is 18.2 Å². The van der Waals surface area contributed by atoms with E-state index in [1.165, 1.54) is 6.07 Å². The van der Waals surface area contributed by atoms with Gasteiger partial charge in [0.2, 0.25) is 0 Å². The van der Waals surface area contributed by atoms with Crippen molar-refractivity contribution in [1.82, 2.24) is 14.9 Å². The predicted octanol–water partition coefficient (Wildman–Crippen LogP) is 4.28. The third kappa shape index (κ3) is 4.68. The minimum absolute atomic E-state index is 0.115. The van der Waals surface area contributed by atoms with Gasteiger partial charge in [-0.25, -0.2) is 4.39 Å². The summed E-state index contributed by atoms with van der Waals surface area (Å²) in [6.45, 7) is 5.83. The largest absolute Gasteiger partial charge is 0.461 e. The zero-order valence-corrected chi connectivity index (χ0v) is 23.9. The molecule has 9 heteroatoms. The maximum absolute atomic E-state index is 14.8. The maximum atomic E-state index is 14.8. The number of rotatable bonds is 5. The highest BCUT2D eigenvalue weighted by atomic mass is 19.1. The SMILES string of the molecule is C#Cc1c(F)ccc2cc(N)cc([C@H]3Cc4nc(OC[C@]56C=CCN5CCC6)nc(N5CCC[C@@](C)(O)C5)c4CO3)c12. The highest BCUT2D eigenvalue weighted by Crippen LogP contribution is 2.41. The van der Waals surface area contributed by atoms with Crippen molar-refractivity contribution in [2.24, 2.45) is 0 Å². The number of piperidine rings is 1. The number of nitrogen functional groups attached to an aromatic ring is 1. The van der Waals surface area contributed by atoms with Crippen molar-refractivity contribution in [2.45, 2.75) is 62.9 Å². The van der Waals surface area contributed by atoms with Gasteiger partial charge in [-0.05, 0) is 68.3 Å².